The Bertz CT molecular complexity index is 314. The molecule has 0 bridgehead atoms. The topological polar surface area (TPSA) is 107 Å². The molecule has 2 aliphatic heterocycles. The number of nitrogens with two attached hydrogens (primary N) is 2. The zero-order valence-corrected chi connectivity index (χ0v) is 9.07. The highest BCUT2D eigenvalue weighted by Crippen LogP contribution is 2.35. The third kappa shape index (κ3) is 1.68. The van der Waals surface area contributed by atoms with Crippen molar-refractivity contribution in [3.63, 3.8) is 0 Å². The van der Waals surface area contributed by atoms with Gasteiger partial charge in [-0.3, -0.25) is 9.59 Å². The van der Waals surface area contributed by atoms with Gasteiger partial charge in [-0.05, 0) is 12.8 Å². The van der Waals surface area contributed by atoms with Crippen LogP contribution >= 0.6 is 0 Å². The second kappa shape index (κ2) is 4.03. The number of hydrogen-bond donors (Lipinski definition) is 3. The molecule has 0 radical (unpaired) electrons. The highest BCUT2D eigenvalue weighted by atomic mass is 16.5. The van der Waals surface area contributed by atoms with Crippen molar-refractivity contribution >= 4 is 11.8 Å². The molecule has 0 aromatic rings. The lowest BCUT2D eigenvalue weighted by Crippen LogP contribution is -2.57. The Balaban J connectivity index is 2.18. The highest BCUT2D eigenvalue weighted by Gasteiger charge is 2.51. The molecule has 0 aromatic carbocycles. The van der Waals surface area contributed by atoms with Crippen LogP contribution in [0.15, 0.2) is 0 Å². The summed E-state index contributed by atoms with van der Waals surface area (Å²) in [4.78, 5) is 22.8. The number of rotatable bonds is 3. The van der Waals surface area contributed by atoms with Gasteiger partial charge >= 0.3 is 0 Å². The van der Waals surface area contributed by atoms with Gasteiger partial charge < -0.3 is 21.5 Å². The van der Waals surface area contributed by atoms with E-state index in [0.29, 0.717) is 26.2 Å². The molecule has 16 heavy (non-hydrogen) atoms. The largest absolute Gasteiger partial charge is 0.381 e. The molecule has 6 heteroatoms. The minimum atomic E-state index is -0.809. The Morgan fingerprint density at radius 1 is 1.38 bits per heavy atom. The summed E-state index contributed by atoms with van der Waals surface area (Å²) < 4.78 is 5.28. The monoisotopic (exact) mass is 227 g/mol. The maximum Gasteiger partial charge on any atom is 0.238 e. The van der Waals surface area contributed by atoms with Crippen molar-refractivity contribution in [2.24, 2.45) is 23.3 Å². The Hall–Kier alpha value is -1.14. The minimum absolute atomic E-state index is 0.0503. The van der Waals surface area contributed by atoms with Crippen LogP contribution in [-0.4, -0.2) is 37.1 Å². The van der Waals surface area contributed by atoms with Crippen LogP contribution in [0.1, 0.15) is 12.8 Å². The molecule has 2 amide bonds. The molecule has 2 fully saturated rings. The number of ether oxygens (including phenoxy) is 1. The van der Waals surface area contributed by atoms with Gasteiger partial charge in [0.25, 0.3) is 0 Å². The molecule has 6 nitrogen and oxygen atoms in total. The molecule has 3 unspecified atom stereocenters. The van der Waals surface area contributed by atoms with Crippen molar-refractivity contribution < 1.29 is 14.3 Å². The molecule has 0 aliphatic carbocycles. The third-order valence-corrected chi connectivity index (χ3v) is 3.70. The van der Waals surface area contributed by atoms with Crippen LogP contribution in [0.3, 0.4) is 0 Å². The normalized spacial score (nSPS) is 38.8. The van der Waals surface area contributed by atoms with E-state index in [1.165, 1.54) is 0 Å². The number of carbonyl (C=O) groups is 2. The molecule has 2 aliphatic rings. The molecule has 2 saturated heterocycles. The van der Waals surface area contributed by atoms with Crippen LogP contribution in [0.5, 0.6) is 0 Å². The van der Waals surface area contributed by atoms with Crippen molar-refractivity contribution in [3.8, 4) is 0 Å². The number of nitrogens with one attached hydrogen (secondary N) is 1. The first-order valence-corrected chi connectivity index (χ1v) is 5.48. The second-order valence-corrected chi connectivity index (χ2v) is 4.58. The van der Waals surface area contributed by atoms with E-state index in [2.05, 4.69) is 5.32 Å². The third-order valence-electron chi connectivity index (χ3n) is 3.70. The van der Waals surface area contributed by atoms with Crippen molar-refractivity contribution in [1.82, 2.24) is 5.32 Å². The van der Waals surface area contributed by atoms with E-state index in [1.807, 2.05) is 0 Å². The predicted octanol–water partition coefficient (Wildman–Crippen LogP) is -1.66. The molecule has 2 rings (SSSR count). The first-order valence-electron chi connectivity index (χ1n) is 5.48. The summed E-state index contributed by atoms with van der Waals surface area (Å²) in [6, 6.07) is 0. The van der Waals surface area contributed by atoms with E-state index < -0.39 is 11.4 Å². The number of amides is 2. The molecular weight excluding hydrogens is 210 g/mol. The first-order chi connectivity index (χ1) is 7.56. The van der Waals surface area contributed by atoms with E-state index in [0.717, 1.165) is 6.42 Å². The number of carbonyl (C=O) groups excluding carboxylic acids is 2. The average molecular weight is 227 g/mol. The molecule has 0 spiro atoms. The van der Waals surface area contributed by atoms with Gasteiger partial charge in [0.05, 0.1) is 12.5 Å². The van der Waals surface area contributed by atoms with Crippen molar-refractivity contribution in [2.45, 2.75) is 18.4 Å². The standard InChI is InChI=1S/C10H17N3O3/c11-8(14)6-3-10(9(12)15,13-4-6)7-1-2-16-5-7/h6-7,13H,1-5H2,(H2,11,14)(H2,12,15). The van der Waals surface area contributed by atoms with E-state index in [4.69, 9.17) is 16.2 Å². The quantitative estimate of drug-likeness (QED) is 0.536. The fourth-order valence-electron chi connectivity index (χ4n) is 2.66. The summed E-state index contributed by atoms with van der Waals surface area (Å²) >= 11 is 0. The van der Waals surface area contributed by atoms with Gasteiger partial charge in [0.2, 0.25) is 11.8 Å². The van der Waals surface area contributed by atoms with E-state index >= 15 is 0 Å². The van der Waals surface area contributed by atoms with Crippen molar-refractivity contribution in [1.29, 1.82) is 0 Å². The lowest BCUT2D eigenvalue weighted by Gasteiger charge is -2.31. The first kappa shape index (κ1) is 11.3. The van der Waals surface area contributed by atoms with Crippen molar-refractivity contribution in [3.05, 3.63) is 0 Å². The second-order valence-electron chi connectivity index (χ2n) is 4.58. The molecule has 0 aromatic heterocycles. The molecule has 0 saturated carbocycles. The molecule has 5 N–H and O–H groups in total. The summed E-state index contributed by atoms with van der Waals surface area (Å²) in [6.07, 6.45) is 1.19. The van der Waals surface area contributed by atoms with Crippen LogP contribution in [0.4, 0.5) is 0 Å². The molecular formula is C10H17N3O3. The van der Waals surface area contributed by atoms with Gasteiger partial charge in [0.15, 0.2) is 0 Å². The number of primary amides is 2. The maximum atomic E-state index is 11.6. The summed E-state index contributed by atoms with van der Waals surface area (Å²) in [5.74, 6) is -1.05. The fourth-order valence-corrected chi connectivity index (χ4v) is 2.66. The van der Waals surface area contributed by atoms with Crippen LogP contribution in [0.25, 0.3) is 0 Å². The predicted molar refractivity (Wildman–Crippen MR) is 56.2 cm³/mol. The van der Waals surface area contributed by atoms with Gasteiger partial charge in [-0.15, -0.1) is 0 Å². The van der Waals surface area contributed by atoms with Gasteiger partial charge in [-0.25, -0.2) is 0 Å². The van der Waals surface area contributed by atoms with E-state index in [1.54, 1.807) is 0 Å². The summed E-state index contributed by atoms with van der Waals surface area (Å²) in [5.41, 5.74) is 9.91. The van der Waals surface area contributed by atoms with Crippen LogP contribution in [-0.2, 0) is 14.3 Å². The van der Waals surface area contributed by atoms with Crippen LogP contribution in [0.2, 0.25) is 0 Å². The molecule has 90 valence electrons. The lowest BCUT2D eigenvalue weighted by molar-refractivity contribution is -0.126. The molecule has 3 atom stereocenters. The van der Waals surface area contributed by atoms with Crippen LogP contribution < -0.4 is 16.8 Å². The summed E-state index contributed by atoms with van der Waals surface area (Å²) in [5, 5.41) is 3.09. The van der Waals surface area contributed by atoms with Crippen LogP contribution in [0, 0.1) is 11.8 Å². The van der Waals surface area contributed by atoms with Gasteiger partial charge in [-0.2, -0.15) is 0 Å². The maximum absolute atomic E-state index is 11.6. The van der Waals surface area contributed by atoms with Gasteiger partial charge in [-0.1, -0.05) is 0 Å². The summed E-state index contributed by atoms with van der Waals surface area (Å²) in [7, 11) is 0. The minimum Gasteiger partial charge on any atom is -0.381 e. The Morgan fingerprint density at radius 2 is 2.12 bits per heavy atom. The highest BCUT2D eigenvalue weighted by molar-refractivity contribution is 5.88. The number of hydrogen-bond acceptors (Lipinski definition) is 4. The SMILES string of the molecule is NC(=O)C1CNC(C(N)=O)(C2CCOC2)C1. The Labute approximate surface area is 93.7 Å². The lowest BCUT2D eigenvalue weighted by atomic mass is 9.79. The smallest absolute Gasteiger partial charge is 0.238 e. The van der Waals surface area contributed by atoms with Gasteiger partial charge in [0, 0.05) is 19.1 Å². The average Bonchev–Trinajstić information content (AvgIpc) is 2.87. The zero-order chi connectivity index (χ0) is 11.8. The summed E-state index contributed by atoms with van der Waals surface area (Å²) in [6.45, 7) is 1.58. The Kier molecular flexibility index (Phi) is 2.86. The molecule has 2 heterocycles. The Morgan fingerprint density at radius 3 is 2.56 bits per heavy atom. The van der Waals surface area contributed by atoms with Gasteiger partial charge in [0.1, 0.15) is 5.54 Å². The van der Waals surface area contributed by atoms with Crippen molar-refractivity contribution in [2.75, 3.05) is 19.8 Å². The van der Waals surface area contributed by atoms with E-state index in [9.17, 15) is 9.59 Å². The zero-order valence-electron chi connectivity index (χ0n) is 9.07. The fraction of sp³-hybridized carbons (Fsp3) is 0.800. The van der Waals surface area contributed by atoms with E-state index in [-0.39, 0.29) is 17.7 Å².